The number of anilines is 1. The van der Waals surface area contributed by atoms with E-state index in [0.29, 0.717) is 28.9 Å². The zero-order valence-electron chi connectivity index (χ0n) is 17.6. The number of benzene rings is 2. The van der Waals surface area contributed by atoms with Crippen LogP contribution in [0.5, 0.6) is 0 Å². The Hall–Kier alpha value is -2.30. The summed E-state index contributed by atoms with van der Waals surface area (Å²) < 4.78 is 33.5. The van der Waals surface area contributed by atoms with E-state index in [0.717, 1.165) is 11.1 Å². The molecule has 1 aromatic heterocycles. The van der Waals surface area contributed by atoms with Crippen LogP contribution in [-0.4, -0.2) is 49.2 Å². The Labute approximate surface area is 196 Å². The SMILES string of the molecule is C[C@@H]1CN(S(=O)(=O)c2cccc(-c3csc(N/N=C\c4ccc(Cl)cc4)n3)c2)C[C@H](C)O1. The predicted octanol–water partition coefficient (Wildman–Crippen LogP) is 4.71. The van der Waals surface area contributed by atoms with Crippen LogP contribution in [-0.2, 0) is 14.8 Å². The molecule has 3 aromatic rings. The maximum absolute atomic E-state index is 13.2. The second-order valence-corrected chi connectivity index (χ2v) is 10.8. The molecule has 0 amide bonds. The van der Waals surface area contributed by atoms with E-state index in [2.05, 4.69) is 15.5 Å². The van der Waals surface area contributed by atoms with Crippen LogP contribution >= 0.6 is 22.9 Å². The van der Waals surface area contributed by atoms with Gasteiger partial charge in [-0.3, -0.25) is 5.43 Å². The van der Waals surface area contributed by atoms with Crippen LogP contribution in [0, 0.1) is 0 Å². The molecule has 10 heteroatoms. The van der Waals surface area contributed by atoms with Crippen molar-refractivity contribution in [3.05, 3.63) is 64.5 Å². The summed E-state index contributed by atoms with van der Waals surface area (Å²) in [5.74, 6) is 0. The second kappa shape index (κ2) is 9.68. The fraction of sp³-hybridized carbons (Fsp3) is 0.273. The third kappa shape index (κ3) is 5.36. The maximum Gasteiger partial charge on any atom is 0.243 e. The van der Waals surface area contributed by atoms with Crippen molar-refractivity contribution in [2.24, 2.45) is 5.10 Å². The first kappa shape index (κ1) is 22.9. The number of rotatable bonds is 6. The molecule has 2 heterocycles. The minimum Gasteiger partial charge on any atom is -0.373 e. The van der Waals surface area contributed by atoms with E-state index in [-0.39, 0.29) is 17.1 Å². The molecule has 168 valence electrons. The first-order chi connectivity index (χ1) is 15.3. The number of aromatic nitrogens is 1. The first-order valence-electron chi connectivity index (χ1n) is 10.1. The van der Waals surface area contributed by atoms with Crippen molar-refractivity contribution in [3.8, 4) is 11.3 Å². The zero-order chi connectivity index (χ0) is 22.7. The number of morpholine rings is 1. The summed E-state index contributed by atoms with van der Waals surface area (Å²) >= 11 is 7.27. The van der Waals surface area contributed by atoms with E-state index in [9.17, 15) is 8.42 Å². The first-order valence-corrected chi connectivity index (χ1v) is 12.8. The number of sulfonamides is 1. The van der Waals surface area contributed by atoms with Gasteiger partial charge in [-0.05, 0) is 43.7 Å². The highest BCUT2D eigenvalue weighted by Gasteiger charge is 2.32. The summed E-state index contributed by atoms with van der Waals surface area (Å²) in [6.45, 7) is 4.45. The van der Waals surface area contributed by atoms with Crippen LogP contribution in [0.2, 0.25) is 5.02 Å². The molecular formula is C22H23ClN4O3S2. The number of nitrogens with zero attached hydrogens (tertiary/aromatic N) is 3. The Morgan fingerprint density at radius 3 is 2.62 bits per heavy atom. The standard InChI is InChI=1S/C22H23ClN4O3S2/c1-15-12-27(13-16(2)30-15)32(28,29)20-5-3-4-18(10-20)21-14-31-22(25-21)26-24-11-17-6-8-19(23)9-7-17/h3-11,14-16H,12-13H2,1-2H3,(H,25,26)/b24-11-/t15-,16+. The number of thiazole rings is 1. The van der Waals surface area contributed by atoms with Gasteiger partial charge in [0, 0.05) is 29.1 Å². The Balaban J connectivity index is 1.49. The predicted molar refractivity (Wildman–Crippen MR) is 129 cm³/mol. The van der Waals surface area contributed by atoms with Gasteiger partial charge >= 0.3 is 0 Å². The fourth-order valence-corrected chi connectivity index (χ4v) is 5.89. The van der Waals surface area contributed by atoms with Gasteiger partial charge in [0.1, 0.15) is 0 Å². The van der Waals surface area contributed by atoms with Gasteiger partial charge in [-0.25, -0.2) is 13.4 Å². The van der Waals surface area contributed by atoms with Gasteiger partial charge in [-0.2, -0.15) is 9.41 Å². The van der Waals surface area contributed by atoms with Crippen LogP contribution in [0.3, 0.4) is 0 Å². The van der Waals surface area contributed by atoms with Crippen molar-refractivity contribution in [1.82, 2.24) is 9.29 Å². The summed E-state index contributed by atoms with van der Waals surface area (Å²) in [6, 6.07) is 14.2. The quantitative estimate of drug-likeness (QED) is 0.399. The molecule has 2 aromatic carbocycles. The molecule has 2 atom stereocenters. The topological polar surface area (TPSA) is 83.9 Å². The van der Waals surface area contributed by atoms with Crippen molar-refractivity contribution in [2.45, 2.75) is 31.0 Å². The van der Waals surface area contributed by atoms with Gasteiger partial charge in [0.05, 0.1) is 29.0 Å². The van der Waals surface area contributed by atoms with Crippen LogP contribution in [0.15, 0.2) is 63.9 Å². The molecule has 0 saturated carbocycles. The molecule has 1 fully saturated rings. The zero-order valence-corrected chi connectivity index (χ0v) is 20.0. The number of halogens is 1. The molecule has 0 aliphatic carbocycles. The molecule has 4 rings (SSSR count). The molecule has 0 spiro atoms. The van der Waals surface area contributed by atoms with Crippen molar-refractivity contribution >= 4 is 44.3 Å². The summed E-state index contributed by atoms with van der Waals surface area (Å²) in [5.41, 5.74) is 5.22. The largest absolute Gasteiger partial charge is 0.373 e. The van der Waals surface area contributed by atoms with Crippen LogP contribution < -0.4 is 5.43 Å². The molecule has 1 N–H and O–H groups in total. The van der Waals surface area contributed by atoms with Gasteiger partial charge in [0.15, 0.2) is 0 Å². The molecule has 32 heavy (non-hydrogen) atoms. The number of hydrogen-bond donors (Lipinski definition) is 1. The number of nitrogens with one attached hydrogen (secondary N) is 1. The second-order valence-electron chi connectivity index (χ2n) is 7.57. The lowest BCUT2D eigenvalue weighted by Crippen LogP contribution is -2.48. The van der Waals surface area contributed by atoms with E-state index in [4.69, 9.17) is 16.3 Å². The third-order valence-corrected chi connectivity index (χ3v) is 7.73. The fourth-order valence-electron chi connectivity index (χ4n) is 3.46. The Morgan fingerprint density at radius 1 is 1.19 bits per heavy atom. The maximum atomic E-state index is 13.2. The van der Waals surface area contributed by atoms with E-state index in [1.807, 2.05) is 37.4 Å². The smallest absolute Gasteiger partial charge is 0.243 e. The highest BCUT2D eigenvalue weighted by Crippen LogP contribution is 2.28. The van der Waals surface area contributed by atoms with E-state index < -0.39 is 10.0 Å². The van der Waals surface area contributed by atoms with Crippen molar-refractivity contribution < 1.29 is 13.2 Å². The van der Waals surface area contributed by atoms with Gasteiger partial charge in [-0.15, -0.1) is 11.3 Å². The van der Waals surface area contributed by atoms with Gasteiger partial charge < -0.3 is 4.74 Å². The minimum atomic E-state index is -3.62. The van der Waals surface area contributed by atoms with Gasteiger partial charge in [0.25, 0.3) is 0 Å². The summed E-state index contributed by atoms with van der Waals surface area (Å²) in [5, 5.41) is 7.34. The normalized spacial score (nSPS) is 20.0. The lowest BCUT2D eigenvalue weighted by Gasteiger charge is -2.34. The third-order valence-electron chi connectivity index (χ3n) is 4.90. The Kier molecular flexibility index (Phi) is 6.92. The van der Waals surface area contributed by atoms with E-state index in [1.54, 1.807) is 36.5 Å². The average molecular weight is 491 g/mol. The van der Waals surface area contributed by atoms with Gasteiger partial charge in [-0.1, -0.05) is 35.9 Å². The summed E-state index contributed by atoms with van der Waals surface area (Å²) in [7, 11) is -3.62. The van der Waals surface area contributed by atoms with Crippen LogP contribution in [0.25, 0.3) is 11.3 Å². The van der Waals surface area contributed by atoms with Crippen LogP contribution in [0.1, 0.15) is 19.4 Å². The molecule has 1 saturated heterocycles. The molecule has 0 bridgehead atoms. The molecule has 1 aliphatic heterocycles. The highest BCUT2D eigenvalue weighted by atomic mass is 35.5. The average Bonchev–Trinajstić information content (AvgIpc) is 3.23. The lowest BCUT2D eigenvalue weighted by molar-refractivity contribution is -0.0440. The monoisotopic (exact) mass is 490 g/mol. The number of hydrogen-bond acceptors (Lipinski definition) is 7. The summed E-state index contributed by atoms with van der Waals surface area (Å²) in [4.78, 5) is 4.78. The molecule has 0 unspecified atom stereocenters. The molecular weight excluding hydrogens is 468 g/mol. The molecule has 7 nitrogen and oxygen atoms in total. The van der Waals surface area contributed by atoms with Crippen LogP contribution in [0.4, 0.5) is 5.13 Å². The molecule has 1 aliphatic rings. The van der Waals surface area contributed by atoms with Crippen molar-refractivity contribution in [3.63, 3.8) is 0 Å². The minimum absolute atomic E-state index is 0.141. The Morgan fingerprint density at radius 2 is 1.91 bits per heavy atom. The highest BCUT2D eigenvalue weighted by molar-refractivity contribution is 7.89. The number of ether oxygens (including phenoxy) is 1. The lowest BCUT2D eigenvalue weighted by atomic mass is 10.2. The van der Waals surface area contributed by atoms with E-state index in [1.165, 1.54) is 15.6 Å². The molecule has 0 radical (unpaired) electrons. The van der Waals surface area contributed by atoms with Crippen molar-refractivity contribution in [1.29, 1.82) is 0 Å². The van der Waals surface area contributed by atoms with Crippen molar-refractivity contribution in [2.75, 3.05) is 18.5 Å². The Bertz CT molecular complexity index is 1200. The summed E-state index contributed by atoms with van der Waals surface area (Å²) in [6.07, 6.45) is 1.39. The number of hydrazone groups is 1. The van der Waals surface area contributed by atoms with E-state index >= 15 is 0 Å². The van der Waals surface area contributed by atoms with Gasteiger partial charge in [0.2, 0.25) is 15.2 Å².